The number of ether oxygens (including phenoxy) is 3. The fraction of sp³-hybridized carbons (Fsp3) is 0.294. The van der Waals surface area contributed by atoms with Crippen molar-refractivity contribution in [2.24, 2.45) is 0 Å². The van der Waals surface area contributed by atoms with E-state index in [0.29, 0.717) is 31.1 Å². The predicted octanol–water partition coefficient (Wildman–Crippen LogP) is 3.76. The molecule has 0 aliphatic heterocycles. The summed E-state index contributed by atoms with van der Waals surface area (Å²) in [5.41, 5.74) is 1.06. The molecule has 6 nitrogen and oxygen atoms in total. The molecule has 0 bridgehead atoms. The molecule has 2 rings (SSSR count). The molecule has 0 atom stereocenters. The third-order valence-electron chi connectivity index (χ3n) is 3.18. The molecule has 0 aliphatic carbocycles. The van der Waals surface area contributed by atoms with Crippen molar-refractivity contribution in [3.05, 3.63) is 58.1 Å². The molecule has 23 heavy (non-hydrogen) atoms. The summed E-state index contributed by atoms with van der Waals surface area (Å²) in [6.07, 6.45) is 0.600. The predicted molar refractivity (Wildman–Crippen MR) is 86.4 cm³/mol. The second kappa shape index (κ2) is 8.03. The standard InChI is InChI=1S/C17H19NO5/c1-13-8-9-16(17(12-13)21-2)23-11-5-10-22-15-7-4-3-6-14(15)18(19)20/h3-4,6-9,12H,5,10-11H2,1-2H3. The van der Waals surface area contributed by atoms with E-state index in [2.05, 4.69) is 0 Å². The molecule has 0 N–H and O–H groups in total. The van der Waals surface area contributed by atoms with Gasteiger partial charge in [-0.1, -0.05) is 18.2 Å². The summed E-state index contributed by atoms with van der Waals surface area (Å²) < 4.78 is 16.4. The van der Waals surface area contributed by atoms with Gasteiger partial charge >= 0.3 is 5.69 Å². The molecular formula is C17H19NO5. The lowest BCUT2D eigenvalue weighted by molar-refractivity contribution is -0.385. The maximum absolute atomic E-state index is 10.9. The Morgan fingerprint density at radius 2 is 1.70 bits per heavy atom. The van der Waals surface area contributed by atoms with E-state index in [4.69, 9.17) is 14.2 Å². The smallest absolute Gasteiger partial charge is 0.310 e. The van der Waals surface area contributed by atoms with Crippen LogP contribution >= 0.6 is 0 Å². The van der Waals surface area contributed by atoms with Crippen molar-refractivity contribution >= 4 is 5.69 Å². The fourth-order valence-corrected chi connectivity index (χ4v) is 2.05. The van der Waals surface area contributed by atoms with Gasteiger partial charge < -0.3 is 14.2 Å². The molecule has 6 heteroatoms. The van der Waals surface area contributed by atoms with Crippen molar-refractivity contribution in [1.29, 1.82) is 0 Å². The minimum atomic E-state index is -0.455. The molecule has 2 aromatic carbocycles. The van der Waals surface area contributed by atoms with Crippen molar-refractivity contribution in [2.45, 2.75) is 13.3 Å². The highest BCUT2D eigenvalue weighted by Gasteiger charge is 2.13. The lowest BCUT2D eigenvalue weighted by Gasteiger charge is -2.11. The number of para-hydroxylation sites is 2. The van der Waals surface area contributed by atoms with E-state index in [0.717, 1.165) is 5.56 Å². The topological polar surface area (TPSA) is 70.8 Å². The zero-order valence-corrected chi connectivity index (χ0v) is 13.2. The maximum atomic E-state index is 10.9. The van der Waals surface area contributed by atoms with E-state index in [1.54, 1.807) is 25.3 Å². The van der Waals surface area contributed by atoms with E-state index in [9.17, 15) is 10.1 Å². The molecule has 0 saturated heterocycles. The number of nitro groups is 1. The van der Waals surface area contributed by atoms with Gasteiger partial charge in [-0.25, -0.2) is 0 Å². The van der Waals surface area contributed by atoms with Crippen LogP contribution in [-0.4, -0.2) is 25.2 Å². The third kappa shape index (κ3) is 4.60. The zero-order valence-electron chi connectivity index (χ0n) is 13.2. The first kappa shape index (κ1) is 16.6. The minimum Gasteiger partial charge on any atom is -0.493 e. The third-order valence-corrected chi connectivity index (χ3v) is 3.18. The van der Waals surface area contributed by atoms with Crippen LogP contribution in [0.5, 0.6) is 17.2 Å². The van der Waals surface area contributed by atoms with Crippen LogP contribution in [0.25, 0.3) is 0 Å². The quantitative estimate of drug-likeness (QED) is 0.421. The van der Waals surface area contributed by atoms with Crippen LogP contribution in [0.1, 0.15) is 12.0 Å². The number of hydrogen-bond donors (Lipinski definition) is 0. The molecule has 0 saturated carbocycles. The number of nitrogens with zero attached hydrogens (tertiary/aromatic N) is 1. The first-order valence-electron chi connectivity index (χ1n) is 7.25. The van der Waals surface area contributed by atoms with Gasteiger partial charge in [-0.3, -0.25) is 10.1 Å². The van der Waals surface area contributed by atoms with Crippen LogP contribution in [0, 0.1) is 17.0 Å². The number of nitro benzene ring substituents is 1. The van der Waals surface area contributed by atoms with Gasteiger partial charge in [0.05, 0.1) is 25.2 Å². The van der Waals surface area contributed by atoms with Gasteiger partial charge in [0.2, 0.25) is 0 Å². The van der Waals surface area contributed by atoms with Gasteiger partial charge in [-0.15, -0.1) is 0 Å². The Bertz CT molecular complexity index is 672. The van der Waals surface area contributed by atoms with Crippen LogP contribution in [0.4, 0.5) is 5.69 Å². The van der Waals surface area contributed by atoms with E-state index in [-0.39, 0.29) is 11.4 Å². The number of methoxy groups -OCH3 is 1. The molecule has 0 fully saturated rings. The number of hydrogen-bond acceptors (Lipinski definition) is 5. The van der Waals surface area contributed by atoms with Crippen LogP contribution in [0.3, 0.4) is 0 Å². The highest BCUT2D eigenvalue weighted by molar-refractivity contribution is 5.45. The van der Waals surface area contributed by atoms with Gasteiger partial charge in [0.15, 0.2) is 17.2 Å². The highest BCUT2D eigenvalue weighted by atomic mass is 16.6. The molecule has 0 aromatic heterocycles. The Balaban J connectivity index is 1.82. The second-order valence-corrected chi connectivity index (χ2v) is 4.93. The second-order valence-electron chi connectivity index (χ2n) is 4.93. The van der Waals surface area contributed by atoms with E-state index < -0.39 is 4.92 Å². The lowest BCUT2D eigenvalue weighted by Crippen LogP contribution is -2.06. The fourth-order valence-electron chi connectivity index (χ4n) is 2.05. The van der Waals surface area contributed by atoms with Gasteiger partial charge in [0.1, 0.15) is 0 Å². The van der Waals surface area contributed by atoms with Crippen molar-refractivity contribution in [3.63, 3.8) is 0 Å². The minimum absolute atomic E-state index is 0.0337. The molecule has 0 radical (unpaired) electrons. The average Bonchev–Trinajstić information content (AvgIpc) is 2.55. The summed E-state index contributed by atoms with van der Waals surface area (Å²) in [5.74, 6) is 1.62. The van der Waals surface area contributed by atoms with E-state index in [1.807, 2.05) is 25.1 Å². The van der Waals surface area contributed by atoms with Gasteiger partial charge in [0, 0.05) is 12.5 Å². The highest BCUT2D eigenvalue weighted by Crippen LogP contribution is 2.28. The largest absolute Gasteiger partial charge is 0.493 e. The number of rotatable bonds is 8. The SMILES string of the molecule is COc1cc(C)ccc1OCCCOc1ccccc1[N+](=O)[O-]. The molecule has 0 aliphatic rings. The first-order chi connectivity index (χ1) is 11.1. The van der Waals surface area contributed by atoms with E-state index in [1.165, 1.54) is 6.07 Å². The monoisotopic (exact) mass is 317 g/mol. The van der Waals surface area contributed by atoms with Crippen molar-refractivity contribution in [1.82, 2.24) is 0 Å². The molecule has 0 heterocycles. The van der Waals surface area contributed by atoms with Crippen molar-refractivity contribution in [2.75, 3.05) is 20.3 Å². The molecule has 0 amide bonds. The summed E-state index contributed by atoms with van der Waals surface area (Å²) in [5, 5.41) is 10.9. The van der Waals surface area contributed by atoms with Gasteiger partial charge in [-0.2, -0.15) is 0 Å². The molecule has 0 spiro atoms. The van der Waals surface area contributed by atoms with Crippen LogP contribution < -0.4 is 14.2 Å². The Labute approximate surface area is 134 Å². The molecule has 0 unspecified atom stereocenters. The van der Waals surface area contributed by atoms with Crippen LogP contribution in [0.2, 0.25) is 0 Å². The zero-order chi connectivity index (χ0) is 16.7. The maximum Gasteiger partial charge on any atom is 0.310 e. The van der Waals surface area contributed by atoms with Crippen molar-refractivity contribution < 1.29 is 19.1 Å². The normalized spacial score (nSPS) is 10.2. The molecule has 2 aromatic rings. The van der Waals surface area contributed by atoms with E-state index >= 15 is 0 Å². The Kier molecular flexibility index (Phi) is 5.80. The van der Waals surface area contributed by atoms with Crippen LogP contribution in [-0.2, 0) is 0 Å². The summed E-state index contributed by atoms with van der Waals surface area (Å²) in [7, 11) is 1.60. The Morgan fingerprint density at radius 3 is 2.39 bits per heavy atom. The first-order valence-corrected chi connectivity index (χ1v) is 7.25. The summed E-state index contributed by atoms with van der Waals surface area (Å²) in [6.45, 7) is 2.74. The molecule has 122 valence electrons. The summed E-state index contributed by atoms with van der Waals surface area (Å²) >= 11 is 0. The Morgan fingerprint density at radius 1 is 1.00 bits per heavy atom. The lowest BCUT2D eigenvalue weighted by atomic mass is 10.2. The van der Waals surface area contributed by atoms with Gasteiger partial charge in [0.25, 0.3) is 0 Å². The summed E-state index contributed by atoms with van der Waals surface area (Å²) in [4.78, 5) is 10.4. The van der Waals surface area contributed by atoms with Gasteiger partial charge in [-0.05, 0) is 30.7 Å². The number of benzene rings is 2. The molecular weight excluding hydrogens is 298 g/mol. The number of aryl methyl sites for hydroxylation is 1. The Hall–Kier alpha value is -2.76. The summed E-state index contributed by atoms with van der Waals surface area (Å²) in [6, 6.07) is 12.0. The van der Waals surface area contributed by atoms with Crippen molar-refractivity contribution in [3.8, 4) is 17.2 Å². The van der Waals surface area contributed by atoms with Crippen LogP contribution in [0.15, 0.2) is 42.5 Å². The average molecular weight is 317 g/mol.